The number of hydrogen-bond donors (Lipinski definition) is 1. The van der Waals surface area contributed by atoms with Gasteiger partial charge in [-0.05, 0) is 30.7 Å². The topological polar surface area (TPSA) is 53.1 Å². The Morgan fingerprint density at radius 3 is 2.86 bits per heavy atom. The molecule has 21 heavy (non-hydrogen) atoms. The third-order valence-electron chi connectivity index (χ3n) is 3.67. The fourth-order valence-corrected chi connectivity index (χ4v) is 2.62. The first kappa shape index (κ1) is 14.1. The highest BCUT2D eigenvalue weighted by atomic mass is 19.1. The average molecular weight is 289 g/mol. The van der Waals surface area contributed by atoms with Gasteiger partial charge in [-0.2, -0.15) is 0 Å². The SMILES string of the molecule is CCCOc1ccc(-c2cn3c(n2)C(N)CC(F)C3)cc1. The molecule has 0 amide bonds. The standard InChI is InChI=1S/C16H20FN3O/c1-2-7-21-13-5-3-11(4-6-13)15-10-20-9-12(17)8-14(18)16(20)19-15/h3-6,10,12,14H,2,7-9,18H2,1H3. The Bertz CT molecular complexity index is 608. The van der Waals surface area contributed by atoms with Crippen molar-refractivity contribution in [1.29, 1.82) is 0 Å². The molecule has 0 fully saturated rings. The summed E-state index contributed by atoms with van der Waals surface area (Å²) in [6.45, 7) is 3.13. The van der Waals surface area contributed by atoms with Gasteiger partial charge in [-0.1, -0.05) is 6.92 Å². The minimum Gasteiger partial charge on any atom is -0.494 e. The van der Waals surface area contributed by atoms with Gasteiger partial charge in [0.1, 0.15) is 17.7 Å². The second-order valence-electron chi connectivity index (χ2n) is 5.45. The number of hydrogen-bond acceptors (Lipinski definition) is 3. The normalized spacial score (nSPS) is 21.1. The molecule has 0 saturated carbocycles. The van der Waals surface area contributed by atoms with Crippen LogP contribution < -0.4 is 10.5 Å². The summed E-state index contributed by atoms with van der Waals surface area (Å²) in [7, 11) is 0. The van der Waals surface area contributed by atoms with Gasteiger partial charge < -0.3 is 15.0 Å². The minimum absolute atomic E-state index is 0.324. The molecule has 1 aliphatic heterocycles. The van der Waals surface area contributed by atoms with E-state index in [1.165, 1.54) is 0 Å². The number of nitrogens with two attached hydrogens (primary N) is 1. The number of rotatable bonds is 4. The largest absolute Gasteiger partial charge is 0.494 e. The molecule has 0 saturated heterocycles. The van der Waals surface area contributed by atoms with Gasteiger partial charge >= 0.3 is 0 Å². The van der Waals surface area contributed by atoms with Crippen molar-refractivity contribution >= 4 is 0 Å². The Morgan fingerprint density at radius 1 is 1.38 bits per heavy atom. The van der Waals surface area contributed by atoms with Gasteiger partial charge in [0.25, 0.3) is 0 Å². The predicted octanol–water partition coefficient (Wildman–Crippen LogP) is 3.08. The van der Waals surface area contributed by atoms with Crippen LogP contribution in [0.3, 0.4) is 0 Å². The van der Waals surface area contributed by atoms with E-state index in [2.05, 4.69) is 11.9 Å². The van der Waals surface area contributed by atoms with Crippen LogP contribution in [0.2, 0.25) is 0 Å². The Hall–Kier alpha value is -1.88. The zero-order valence-electron chi connectivity index (χ0n) is 12.1. The first-order chi connectivity index (χ1) is 10.2. The number of halogens is 1. The molecule has 1 aliphatic rings. The van der Waals surface area contributed by atoms with E-state index in [4.69, 9.17) is 10.5 Å². The third kappa shape index (κ3) is 2.93. The molecule has 0 aliphatic carbocycles. The number of fused-ring (bicyclic) bond motifs is 1. The zero-order valence-corrected chi connectivity index (χ0v) is 12.1. The molecule has 1 aromatic heterocycles. The number of imidazole rings is 1. The van der Waals surface area contributed by atoms with E-state index in [0.717, 1.165) is 29.3 Å². The molecule has 3 rings (SSSR count). The van der Waals surface area contributed by atoms with E-state index in [0.29, 0.717) is 19.6 Å². The highest BCUT2D eigenvalue weighted by Crippen LogP contribution is 2.29. The van der Waals surface area contributed by atoms with Gasteiger partial charge in [-0.3, -0.25) is 0 Å². The maximum Gasteiger partial charge on any atom is 0.126 e. The number of ether oxygens (including phenoxy) is 1. The lowest BCUT2D eigenvalue weighted by molar-refractivity contribution is 0.230. The van der Waals surface area contributed by atoms with Crippen molar-refractivity contribution < 1.29 is 9.13 Å². The summed E-state index contributed by atoms with van der Waals surface area (Å²) < 4.78 is 20.9. The molecular formula is C16H20FN3O. The van der Waals surface area contributed by atoms with E-state index < -0.39 is 6.17 Å². The van der Waals surface area contributed by atoms with E-state index in [1.807, 2.05) is 35.0 Å². The smallest absolute Gasteiger partial charge is 0.126 e. The fraction of sp³-hybridized carbons (Fsp3) is 0.438. The van der Waals surface area contributed by atoms with Crippen molar-refractivity contribution in [3.8, 4) is 17.0 Å². The van der Waals surface area contributed by atoms with Crippen LogP contribution in [0.4, 0.5) is 4.39 Å². The Morgan fingerprint density at radius 2 is 2.14 bits per heavy atom. The average Bonchev–Trinajstić information content (AvgIpc) is 2.90. The first-order valence-corrected chi connectivity index (χ1v) is 7.37. The molecule has 2 N–H and O–H groups in total. The molecule has 5 heteroatoms. The van der Waals surface area contributed by atoms with Crippen LogP contribution >= 0.6 is 0 Å². The minimum atomic E-state index is -0.889. The Kier molecular flexibility index (Phi) is 3.92. The molecule has 2 aromatic rings. The maximum atomic E-state index is 13.6. The number of nitrogens with zero attached hydrogens (tertiary/aromatic N) is 2. The van der Waals surface area contributed by atoms with Crippen LogP contribution in [0.15, 0.2) is 30.5 Å². The predicted molar refractivity (Wildman–Crippen MR) is 79.9 cm³/mol. The van der Waals surface area contributed by atoms with Crippen LogP contribution in [0.1, 0.15) is 31.6 Å². The van der Waals surface area contributed by atoms with Gasteiger partial charge in [0, 0.05) is 18.2 Å². The van der Waals surface area contributed by atoms with Gasteiger partial charge in [0.05, 0.1) is 24.9 Å². The molecule has 2 heterocycles. The summed E-state index contributed by atoms with van der Waals surface area (Å²) in [6, 6.07) is 7.48. The first-order valence-electron chi connectivity index (χ1n) is 7.37. The number of aromatic nitrogens is 2. The summed E-state index contributed by atoms with van der Waals surface area (Å²) in [5.74, 6) is 1.62. The highest BCUT2D eigenvalue weighted by molar-refractivity contribution is 5.60. The fourth-order valence-electron chi connectivity index (χ4n) is 2.62. The third-order valence-corrected chi connectivity index (χ3v) is 3.67. The lowest BCUT2D eigenvalue weighted by atomic mass is 10.1. The quantitative estimate of drug-likeness (QED) is 0.941. The Labute approximate surface area is 123 Å². The van der Waals surface area contributed by atoms with Gasteiger partial charge in [0.2, 0.25) is 0 Å². The van der Waals surface area contributed by atoms with Crippen LogP contribution in [0.25, 0.3) is 11.3 Å². The molecule has 1 aromatic carbocycles. The van der Waals surface area contributed by atoms with Crippen molar-refractivity contribution in [3.05, 3.63) is 36.3 Å². The lowest BCUT2D eigenvalue weighted by Gasteiger charge is -2.22. The van der Waals surface area contributed by atoms with E-state index in [-0.39, 0.29) is 6.04 Å². The Balaban J connectivity index is 1.83. The van der Waals surface area contributed by atoms with Crippen LogP contribution in [-0.2, 0) is 6.54 Å². The molecule has 0 bridgehead atoms. The molecule has 112 valence electrons. The summed E-state index contributed by atoms with van der Waals surface area (Å²) in [4.78, 5) is 4.56. The molecular weight excluding hydrogens is 269 g/mol. The van der Waals surface area contributed by atoms with E-state index in [1.54, 1.807) is 0 Å². The molecule has 2 unspecified atom stereocenters. The molecule has 0 radical (unpaired) electrons. The molecule has 4 nitrogen and oxygen atoms in total. The van der Waals surface area contributed by atoms with Crippen molar-refractivity contribution in [3.63, 3.8) is 0 Å². The van der Waals surface area contributed by atoms with Crippen LogP contribution in [0, 0.1) is 0 Å². The monoisotopic (exact) mass is 289 g/mol. The van der Waals surface area contributed by atoms with Gasteiger partial charge in [-0.25, -0.2) is 9.37 Å². The second-order valence-corrected chi connectivity index (χ2v) is 5.45. The zero-order chi connectivity index (χ0) is 14.8. The lowest BCUT2D eigenvalue weighted by Crippen LogP contribution is -2.29. The van der Waals surface area contributed by atoms with E-state index in [9.17, 15) is 4.39 Å². The number of alkyl halides is 1. The summed E-state index contributed by atoms with van der Waals surface area (Å²) in [5.41, 5.74) is 7.78. The van der Waals surface area contributed by atoms with E-state index >= 15 is 0 Å². The van der Waals surface area contributed by atoms with Crippen LogP contribution in [-0.4, -0.2) is 22.3 Å². The van der Waals surface area contributed by atoms with Gasteiger partial charge in [-0.15, -0.1) is 0 Å². The molecule has 0 spiro atoms. The maximum absolute atomic E-state index is 13.6. The van der Waals surface area contributed by atoms with Crippen molar-refractivity contribution in [2.45, 2.75) is 38.5 Å². The summed E-state index contributed by atoms with van der Waals surface area (Å²) in [6.07, 6.45) is 2.32. The van der Waals surface area contributed by atoms with Crippen molar-refractivity contribution in [2.24, 2.45) is 5.73 Å². The van der Waals surface area contributed by atoms with Crippen LogP contribution in [0.5, 0.6) is 5.75 Å². The van der Waals surface area contributed by atoms with Crippen molar-refractivity contribution in [1.82, 2.24) is 9.55 Å². The summed E-state index contributed by atoms with van der Waals surface area (Å²) in [5, 5.41) is 0. The van der Waals surface area contributed by atoms with Gasteiger partial charge in [0.15, 0.2) is 0 Å². The number of benzene rings is 1. The van der Waals surface area contributed by atoms with Crippen molar-refractivity contribution in [2.75, 3.05) is 6.61 Å². The molecule has 2 atom stereocenters. The summed E-state index contributed by atoms with van der Waals surface area (Å²) >= 11 is 0. The highest BCUT2D eigenvalue weighted by Gasteiger charge is 2.26. The second kappa shape index (κ2) is 5.85.